The molecule has 0 atom stereocenters. The molecule has 1 aliphatic carbocycles. The second kappa shape index (κ2) is 4.77. The molecule has 1 aromatic heterocycles. The van der Waals surface area contributed by atoms with Crippen molar-refractivity contribution in [3.05, 3.63) is 24.5 Å². The lowest BCUT2D eigenvalue weighted by molar-refractivity contribution is -0.123. The van der Waals surface area contributed by atoms with Gasteiger partial charge in [-0.2, -0.15) is 0 Å². The van der Waals surface area contributed by atoms with Crippen molar-refractivity contribution in [1.29, 1.82) is 0 Å². The minimum absolute atomic E-state index is 0.0641. The first-order valence-electron chi connectivity index (χ1n) is 5.14. The standard InChI is InChI=1S/C11H14N2O2/c14-11(13-6-9-3-4-9)8-15-10-2-1-5-12-7-10/h1-2,5,7,9H,3-4,6,8H2,(H,13,14). The molecule has 1 aliphatic rings. The van der Waals surface area contributed by atoms with Crippen LogP contribution in [-0.4, -0.2) is 24.0 Å². The van der Waals surface area contributed by atoms with Gasteiger partial charge in [-0.25, -0.2) is 0 Å². The lowest BCUT2D eigenvalue weighted by Gasteiger charge is -2.05. The van der Waals surface area contributed by atoms with Crippen molar-refractivity contribution in [2.75, 3.05) is 13.2 Å². The van der Waals surface area contributed by atoms with Crippen LogP contribution in [0.25, 0.3) is 0 Å². The molecule has 0 spiro atoms. The van der Waals surface area contributed by atoms with Gasteiger partial charge in [0.25, 0.3) is 5.91 Å². The maximum atomic E-state index is 11.3. The topological polar surface area (TPSA) is 51.2 Å². The Bertz CT molecular complexity index is 323. The second-order valence-corrected chi connectivity index (χ2v) is 3.72. The van der Waals surface area contributed by atoms with Crippen LogP contribution in [0.15, 0.2) is 24.5 Å². The average Bonchev–Trinajstić information content (AvgIpc) is 3.09. The van der Waals surface area contributed by atoms with E-state index in [2.05, 4.69) is 10.3 Å². The van der Waals surface area contributed by atoms with Crippen LogP contribution in [0, 0.1) is 5.92 Å². The quantitative estimate of drug-likeness (QED) is 0.781. The minimum Gasteiger partial charge on any atom is -0.482 e. The molecule has 0 aliphatic heterocycles. The smallest absolute Gasteiger partial charge is 0.257 e. The summed E-state index contributed by atoms with van der Waals surface area (Å²) < 4.78 is 5.25. The van der Waals surface area contributed by atoms with Gasteiger partial charge >= 0.3 is 0 Å². The van der Waals surface area contributed by atoms with Crippen LogP contribution < -0.4 is 10.1 Å². The van der Waals surface area contributed by atoms with E-state index >= 15 is 0 Å². The number of amides is 1. The third-order valence-corrected chi connectivity index (χ3v) is 2.29. The number of nitrogens with one attached hydrogen (secondary N) is 1. The van der Waals surface area contributed by atoms with Gasteiger partial charge in [0.1, 0.15) is 5.75 Å². The summed E-state index contributed by atoms with van der Waals surface area (Å²) in [6.07, 6.45) is 5.74. The third-order valence-electron chi connectivity index (χ3n) is 2.29. The van der Waals surface area contributed by atoms with Crippen molar-refractivity contribution in [3.63, 3.8) is 0 Å². The Morgan fingerprint density at radius 3 is 3.13 bits per heavy atom. The molecular weight excluding hydrogens is 192 g/mol. The van der Waals surface area contributed by atoms with Crippen molar-refractivity contribution >= 4 is 5.91 Å². The van der Waals surface area contributed by atoms with E-state index < -0.39 is 0 Å². The Labute approximate surface area is 88.7 Å². The van der Waals surface area contributed by atoms with Crippen LogP contribution in [0.2, 0.25) is 0 Å². The second-order valence-electron chi connectivity index (χ2n) is 3.72. The Morgan fingerprint density at radius 2 is 2.47 bits per heavy atom. The van der Waals surface area contributed by atoms with Crippen LogP contribution in [0.3, 0.4) is 0 Å². The van der Waals surface area contributed by atoms with E-state index in [1.807, 2.05) is 0 Å². The van der Waals surface area contributed by atoms with E-state index in [-0.39, 0.29) is 12.5 Å². The number of rotatable bonds is 5. The molecule has 1 amide bonds. The Kier molecular flexibility index (Phi) is 3.17. The molecule has 1 saturated carbocycles. The summed E-state index contributed by atoms with van der Waals surface area (Å²) in [5.41, 5.74) is 0. The van der Waals surface area contributed by atoms with Crippen molar-refractivity contribution in [2.45, 2.75) is 12.8 Å². The van der Waals surface area contributed by atoms with Crippen molar-refractivity contribution in [2.24, 2.45) is 5.92 Å². The molecule has 1 fully saturated rings. The summed E-state index contributed by atoms with van der Waals surface area (Å²) in [6, 6.07) is 3.55. The molecule has 80 valence electrons. The number of ether oxygens (including phenoxy) is 1. The normalized spacial score (nSPS) is 14.7. The fraction of sp³-hybridized carbons (Fsp3) is 0.455. The Morgan fingerprint density at radius 1 is 1.60 bits per heavy atom. The van der Waals surface area contributed by atoms with E-state index in [1.165, 1.54) is 12.8 Å². The van der Waals surface area contributed by atoms with Gasteiger partial charge < -0.3 is 10.1 Å². The van der Waals surface area contributed by atoms with Crippen LogP contribution in [0.1, 0.15) is 12.8 Å². The fourth-order valence-corrected chi connectivity index (χ4v) is 1.21. The molecule has 0 saturated heterocycles. The summed E-state index contributed by atoms with van der Waals surface area (Å²) in [6.45, 7) is 0.855. The molecule has 2 rings (SSSR count). The van der Waals surface area contributed by atoms with Gasteiger partial charge in [0.15, 0.2) is 6.61 Å². The van der Waals surface area contributed by atoms with E-state index in [4.69, 9.17) is 4.74 Å². The monoisotopic (exact) mass is 206 g/mol. The van der Waals surface area contributed by atoms with Crippen LogP contribution >= 0.6 is 0 Å². The maximum Gasteiger partial charge on any atom is 0.257 e. The van der Waals surface area contributed by atoms with E-state index in [1.54, 1.807) is 24.5 Å². The van der Waals surface area contributed by atoms with Crippen molar-refractivity contribution in [3.8, 4) is 5.75 Å². The van der Waals surface area contributed by atoms with Gasteiger partial charge in [0.05, 0.1) is 6.20 Å². The number of aromatic nitrogens is 1. The average molecular weight is 206 g/mol. The zero-order valence-electron chi connectivity index (χ0n) is 8.48. The zero-order valence-corrected chi connectivity index (χ0v) is 8.48. The number of pyridine rings is 1. The van der Waals surface area contributed by atoms with Crippen LogP contribution in [0.4, 0.5) is 0 Å². The third kappa shape index (κ3) is 3.58. The predicted molar refractivity (Wildman–Crippen MR) is 55.5 cm³/mol. The summed E-state index contributed by atoms with van der Waals surface area (Å²) in [5, 5.41) is 2.83. The van der Waals surface area contributed by atoms with Crippen LogP contribution in [0.5, 0.6) is 5.75 Å². The molecule has 1 aromatic rings. The summed E-state index contributed by atoms with van der Waals surface area (Å²) in [4.78, 5) is 15.2. The van der Waals surface area contributed by atoms with Gasteiger partial charge in [0, 0.05) is 12.7 Å². The summed E-state index contributed by atoms with van der Waals surface area (Å²) in [7, 11) is 0. The maximum absolute atomic E-state index is 11.3. The SMILES string of the molecule is O=C(COc1cccnc1)NCC1CC1. The molecule has 0 aromatic carbocycles. The van der Waals surface area contributed by atoms with Gasteiger partial charge in [-0.05, 0) is 30.9 Å². The molecular formula is C11H14N2O2. The van der Waals surface area contributed by atoms with Crippen LogP contribution in [-0.2, 0) is 4.79 Å². The molecule has 15 heavy (non-hydrogen) atoms. The first-order valence-corrected chi connectivity index (χ1v) is 5.14. The number of carbonyl (C=O) groups excluding carboxylic acids is 1. The highest BCUT2D eigenvalue weighted by molar-refractivity contribution is 5.77. The molecule has 0 radical (unpaired) electrons. The van der Waals surface area contributed by atoms with Crippen molar-refractivity contribution in [1.82, 2.24) is 10.3 Å². The number of hydrogen-bond donors (Lipinski definition) is 1. The molecule has 4 heteroatoms. The Hall–Kier alpha value is -1.58. The zero-order chi connectivity index (χ0) is 10.5. The van der Waals surface area contributed by atoms with Gasteiger partial charge in [-0.15, -0.1) is 0 Å². The van der Waals surface area contributed by atoms with E-state index in [0.717, 1.165) is 6.54 Å². The highest BCUT2D eigenvalue weighted by Gasteiger charge is 2.21. The molecule has 1 heterocycles. The summed E-state index contributed by atoms with van der Waals surface area (Å²) >= 11 is 0. The fourth-order valence-electron chi connectivity index (χ4n) is 1.21. The van der Waals surface area contributed by atoms with E-state index in [0.29, 0.717) is 11.7 Å². The number of nitrogens with zero attached hydrogens (tertiary/aromatic N) is 1. The number of carbonyl (C=O) groups is 1. The molecule has 0 unspecified atom stereocenters. The lowest BCUT2D eigenvalue weighted by atomic mass is 10.4. The molecule has 4 nitrogen and oxygen atoms in total. The highest BCUT2D eigenvalue weighted by Crippen LogP contribution is 2.27. The van der Waals surface area contributed by atoms with E-state index in [9.17, 15) is 4.79 Å². The number of hydrogen-bond acceptors (Lipinski definition) is 3. The first-order chi connectivity index (χ1) is 7.34. The molecule has 1 N–H and O–H groups in total. The predicted octanol–water partition coefficient (Wildman–Crippen LogP) is 0.987. The Balaban J connectivity index is 1.66. The first kappa shape index (κ1) is 9.96. The van der Waals surface area contributed by atoms with Crippen molar-refractivity contribution < 1.29 is 9.53 Å². The van der Waals surface area contributed by atoms with Gasteiger partial charge in [-0.3, -0.25) is 9.78 Å². The lowest BCUT2D eigenvalue weighted by Crippen LogP contribution is -2.30. The highest BCUT2D eigenvalue weighted by atomic mass is 16.5. The van der Waals surface area contributed by atoms with Gasteiger partial charge in [-0.1, -0.05) is 0 Å². The van der Waals surface area contributed by atoms with Gasteiger partial charge in [0.2, 0.25) is 0 Å². The minimum atomic E-state index is -0.0641. The largest absolute Gasteiger partial charge is 0.482 e. The summed E-state index contributed by atoms with van der Waals surface area (Å²) in [5.74, 6) is 1.26. The molecule has 0 bridgehead atoms.